The van der Waals surface area contributed by atoms with Crippen LogP contribution < -0.4 is 4.74 Å². The van der Waals surface area contributed by atoms with Crippen LogP contribution in [0.25, 0.3) is 10.3 Å². The molecule has 0 radical (unpaired) electrons. The highest BCUT2D eigenvalue weighted by atomic mass is 32.1. The highest BCUT2D eigenvalue weighted by Gasteiger charge is 2.21. The summed E-state index contributed by atoms with van der Waals surface area (Å²) in [5.74, 6) is 0.748. The van der Waals surface area contributed by atoms with Crippen molar-refractivity contribution >= 4 is 21.7 Å². The summed E-state index contributed by atoms with van der Waals surface area (Å²) in [6.45, 7) is 2.15. The van der Waals surface area contributed by atoms with E-state index in [1.807, 2.05) is 36.4 Å². The van der Waals surface area contributed by atoms with Gasteiger partial charge in [0.25, 0.3) is 5.19 Å². The molecule has 0 N–H and O–H groups in total. The van der Waals surface area contributed by atoms with Crippen molar-refractivity contribution in [1.82, 2.24) is 14.9 Å². The van der Waals surface area contributed by atoms with Crippen molar-refractivity contribution < 1.29 is 9.13 Å². The topological polar surface area (TPSA) is 38.2 Å². The molecule has 1 atom stereocenters. The van der Waals surface area contributed by atoms with Gasteiger partial charge in [-0.05, 0) is 36.2 Å². The number of hydrogen-bond acceptors (Lipinski definition) is 5. The molecule has 0 aliphatic carbocycles. The monoisotopic (exact) mass is 329 g/mol. The second-order valence-corrected chi connectivity index (χ2v) is 6.67. The molecule has 1 aliphatic rings. The molecule has 1 aliphatic heterocycles. The number of ether oxygens (including phenoxy) is 1. The fraction of sp³-hybridized carbons (Fsp3) is 0.294. The van der Waals surface area contributed by atoms with Crippen LogP contribution in [-0.2, 0) is 6.54 Å². The second-order valence-electron chi connectivity index (χ2n) is 5.67. The van der Waals surface area contributed by atoms with Crippen LogP contribution in [-0.4, -0.2) is 34.1 Å². The van der Waals surface area contributed by atoms with E-state index in [4.69, 9.17) is 4.74 Å². The maximum absolute atomic E-state index is 13.2. The average molecular weight is 329 g/mol. The maximum atomic E-state index is 13.2. The molecule has 4 nitrogen and oxygen atoms in total. The summed E-state index contributed by atoms with van der Waals surface area (Å²) in [5.41, 5.74) is 1.87. The van der Waals surface area contributed by atoms with Gasteiger partial charge in [0, 0.05) is 25.8 Å². The van der Waals surface area contributed by atoms with Crippen molar-refractivity contribution in [3.8, 4) is 10.9 Å². The Morgan fingerprint density at radius 3 is 2.87 bits per heavy atom. The average Bonchev–Trinajstić information content (AvgIpc) is 3.14. The number of likely N-dealkylation sites (tertiary alicyclic amines) is 1. The van der Waals surface area contributed by atoms with Gasteiger partial charge in [0.2, 0.25) is 0 Å². The first-order valence-corrected chi connectivity index (χ1v) is 8.43. The molecule has 118 valence electrons. The largest absolute Gasteiger partial charge is 0.431 e. The number of hydrogen-bond donors (Lipinski definition) is 0. The van der Waals surface area contributed by atoms with E-state index in [1.54, 1.807) is 6.20 Å². The Bertz CT molecular complexity index is 772. The quantitative estimate of drug-likeness (QED) is 0.724. The summed E-state index contributed by atoms with van der Waals surface area (Å²) >= 11 is 1.48. The number of nitrogens with zero attached hydrogens (tertiary/aromatic N) is 3. The highest BCUT2D eigenvalue weighted by Crippen LogP contribution is 2.30. The number of fused-ring (bicyclic) bond motifs is 1. The van der Waals surface area contributed by atoms with E-state index in [0.717, 1.165) is 29.1 Å². The number of pyridine rings is 1. The van der Waals surface area contributed by atoms with Gasteiger partial charge in [-0.3, -0.25) is 4.90 Å². The molecule has 2 aromatic heterocycles. The van der Waals surface area contributed by atoms with Gasteiger partial charge >= 0.3 is 0 Å². The fourth-order valence-electron chi connectivity index (χ4n) is 2.74. The summed E-state index contributed by atoms with van der Waals surface area (Å²) in [5, 5.41) is 0.589. The molecule has 0 spiro atoms. The SMILES string of the molecule is F[C@@H]1CCN(Cc2ccc(Oc3nc4ncccc4s3)cc2)C1. The molecule has 1 fully saturated rings. The van der Waals surface area contributed by atoms with Crippen molar-refractivity contribution in [3.63, 3.8) is 0 Å². The van der Waals surface area contributed by atoms with Crippen LogP contribution in [0.3, 0.4) is 0 Å². The third-order valence-electron chi connectivity index (χ3n) is 3.89. The van der Waals surface area contributed by atoms with Gasteiger partial charge in [-0.1, -0.05) is 23.5 Å². The zero-order chi connectivity index (χ0) is 15.6. The first-order valence-electron chi connectivity index (χ1n) is 7.61. The standard InChI is InChI=1S/C17H16FN3OS/c18-13-7-9-21(11-13)10-12-3-5-14(6-4-12)22-17-20-16-15(23-17)2-1-8-19-16/h1-6,8,13H,7,9-11H2/t13-/m1/s1. The van der Waals surface area contributed by atoms with E-state index in [0.29, 0.717) is 23.8 Å². The van der Waals surface area contributed by atoms with Crippen LogP contribution in [0.2, 0.25) is 0 Å². The van der Waals surface area contributed by atoms with E-state index in [-0.39, 0.29) is 0 Å². The molecule has 6 heteroatoms. The van der Waals surface area contributed by atoms with E-state index < -0.39 is 6.17 Å². The number of benzene rings is 1. The normalized spacial score (nSPS) is 18.6. The van der Waals surface area contributed by atoms with Gasteiger partial charge in [-0.2, -0.15) is 4.98 Å². The van der Waals surface area contributed by atoms with Crippen LogP contribution in [0.4, 0.5) is 4.39 Å². The van der Waals surface area contributed by atoms with E-state index >= 15 is 0 Å². The summed E-state index contributed by atoms with van der Waals surface area (Å²) in [7, 11) is 0. The summed E-state index contributed by atoms with van der Waals surface area (Å²) in [6.07, 6.45) is 1.69. The van der Waals surface area contributed by atoms with Crippen LogP contribution in [0.15, 0.2) is 42.6 Å². The minimum Gasteiger partial charge on any atom is -0.431 e. The van der Waals surface area contributed by atoms with Crippen molar-refractivity contribution in [2.24, 2.45) is 0 Å². The molecule has 0 saturated carbocycles. The summed E-state index contributed by atoms with van der Waals surface area (Å²) < 4.78 is 20.0. The van der Waals surface area contributed by atoms with E-state index in [9.17, 15) is 4.39 Å². The number of thiazole rings is 1. The van der Waals surface area contributed by atoms with Crippen LogP contribution >= 0.6 is 11.3 Å². The number of rotatable bonds is 4. The first-order chi connectivity index (χ1) is 11.3. The highest BCUT2D eigenvalue weighted by molar-refractivity contribution is 7.20. The van der Waals surface area contributed by atoms with Crippen molar-refractivity contribution in [1.29, 1.82) is 0 Å². The molecule has 3 heterocycles. The summed E-state index contributed by atoms with van der Waals surface area (Å²) in [4.78, 5) is 10.7. The zero-order valence-electron chi connectivity index (χ0n) is 12.5. The molecule has 1 aromatic carbocycles. The van der Waals surface area contributed by atoms with Crippen LogP contribution in [0.1, 0.15) is 12.0 Å². The van der Waals surface area contributed by atoms with Gasteiger partial charge in [0.1, 0.15) is 11.9 Å². The van der Waals surface area contributed by atoms with Crippen LogP contribution in [0.5, 0.6) is 10.9 Å². The Morgan fingerprint density at radius 1 is 1.26 bits per heavy atom. The zero-order valence-corrected chi connectivity index (χ0v) is 13.3. The minimum atomic E-state index is -0.676. The fourth-order valence-corrected chi connectivity index (χ4v) is 3.54. The Hall–Kier alpha value is -2.05. The van der Waals surface area contributed by atoms with Crippen molar-refractivity contribution in [2.45, 2.75) is 19.1 Å². The third-order valence-corrected chi connectivity index (χ3v) is 4.78. The second kappa shape index (κ2) is 6.22. The molecule has 0 unspecified atom stereocenters. The lowest BCUT2D eigenvalue weighted by Gasteiger charge is -2.14. The Kier molecular flexibility index (Phi) is 3.93. The first kappa shape index (κ1) is 14.5. The van der Waals surface area contributed by atoms with Gasteiger partial charge in [0.05, 0.1) is 4.70 Å². The molecule has 23 heavy (non-hydrogen) atoms. The number of aromatic nitrogens is 2. The molecule has 0 amide bonds. The Morgan fingerprint density at radius 2 is 2.13 bits per heavy atom. The molecule has 4 rings (SSSR count). The molecule has 1 saturated heterocycles. The van der Waals surface area contributed by atoms with E-state index in [2.05, 4.69) is 14.9 Å². The minimum absolute atomic E-state index is 0.539. The number of alkyl halides is 1. The van der Waals surface area contributed by atoms with Crippen molar-refractivity contribution in [3.05, 3.63) is 48.2 Å². The molecule has 0 bridgehead atoms. The lowest BCUT2D eigenvalue weighted by molar-refractivity contribution is 0.282. The lowest BCUT2D eigenvalue weighted by atomic mass is 10.2. The predicted octanol–water partition coefficient (Wildman–Crippen LogP) is 4.03. The summed E-state index contributed by atoms with van der Waals surface area (Å²) in [6, 6.07) is 11.8. The van der Waals surface area contributed by atoms with Crippen LogP contribution in [0, 0.1) is 0 Å². The number of halogens is 1. The van der Waals surface area contributed by atoms with Gasteiger partial charge < -0.3 is 4.74 Å². The van der Waals surface area contributed by atoms with Crippen molar-refractivity contribution in [2.75, 3.05) is 13.1 Å². The predicted molar refractivity (Wildman–Crippen MR) is 88.7 cm³/mol. The molecular formula is C17H16FN3OS. The molecule has 3 aromatic rings. The van der Waals surface area contributed by atoms with Gasteiger partial charge in [0.15, 0.2) is 5.65 Å². The van der Waals surface area contributed by atoms with E-state index in [1.165, 1.54) is 11.3 Å². The Balaban J connectivity index is 1.43. The third kappa shape index (κ3) is 3.33. The van der Waals surface area contributed by atoms with Gasteiger partial charge in [-0.25, -0.2) is 9.37 Å². The Labute approximate surface area is 137 Å². The van der Waals surface area contributed by atoms with Gasteiger partial charge in [-0.15, -0.1) is 0 Å². The lowest BCUT2D eigenvalue weighted by Crippen LogP contribution is -2.20. The maximum Gasteiger partial charge on any atom is 0.281 e. The smallest absolute Gasteiger partial charge is 0.281 e. The molecular weight excluding hydrogens is 313 g/mol.